The molecule has 26 heavy (non-hydrogen) atoms. The Morgan fingerprint density at radius 3 is 2.92 bits per heavy atom. The molecule has 1 aromatic carbocycles. The molecular formula is C17H19N5O3S. The van der Waals surface area contributed by atoms with Gasteiger partial charge in [-0.25, -0.2) is 0 Å². The van der Waals surface area contributed by atoms with E-state index >= 15 is 0 Å². The highest BCUT2D eigenvalue weighted by molar-refractivity contribution is 7.99. The highest BCUT2D eigenvalue weighted by atomic mass is 32.2. The summed E-state index contributed by atoms with van der Waals surface area (Å²) in [6.45, 7) is 1.88. The van der Waals surface area contributed by atoms with E-state index in [0.29, 0.717) is 11.8 Å². The van der Waals surface area contributed by atoms with Crippen LogP contribution in [-0.2, 0) is 21.4 Å². The SMILES string of the molecule is CCOC(=O)CNC(=O)CSc1nnc(-c2c[nH]c3ccccc23)n1C. The van der Waals surface area contributed by atoms with E-state index < -0.39 is 5.97 Å². The summed E-state index contributed by atoms with van der Waals surface area (Å²) in [5.41, 5.74) is 1.98. The van der Waals surface area contributed by atoms with Gasteiger partial charge in [-0.15, -0.1) is 10.2 Å². The van der Waals surface area contributed by atoms with E-state index in [-0.39, 0.29) is 18.2 Å². The van der Waals surface area contributed by atoms with Gasteiger partial charge in [0.15, 0.2) is 11.0 Å². The minimum Gasteiger partial charge on any atom is -0.465 e. The van der Waals surface area contributed by atoms with E-state index in [0.717, 1.165) is 22.3 Å². The fourth-order valence-electron chi connectivity index (χ4n) is 2.50. The number of H-pyrrole nitrogens is 1. The van der Waals surface area contributed by atoms with Gasteiger partial charge < -0.3 is 19.6 Å². The number of rotatable bonds is 7. The monoisotopic (exact) mass is 373 g/mol. The van der Waals surface area contributed by atoms with Crippen LogP contribution >= 0.6 is 11.8 Å². The summed E-state index contributed by atoms with van der Waals surface area (Å²) < 4.78 is 6.61. The maximum absolute atomic E-state index is 11.8. The number of carbonyl (C=O) groups is 2. The number of amides is 1. The van der Waals surface area contributed by atoms with Gasteiger partial charge in [0.1, 0.15) is 6.54 Å². The maximum Gasteiger partial charge on any atom is 0.325 e. The lowest BCUT2D eigenvalue weighted by Crippen LogP contribution is -2.31. The summed E-state index contributed by atoms with van der Waals surface area (Å²) >= 11 is 1.26. The van der Waals surface area contributed by atoms with E-state index in [2.05, 4.69) is 20.5 Å². The van der Waals surface area contributed by atoms with Gasteiger partial charge in [0.2, 0.25) is 5.91 Å². The Morgan fingerprint density at radius 1 is 1.31 bits per heavy atom. The average Bonchev–Trinajstić information content (AvgIpc) is 3.22. The van der Waals surface area contributed by atoms with Crippen molar-refractivity contribution in [3.8, 4) is 11.4 Å². The first-order valence-electron chi connectivity index (χ1n) is 8.11. The Kier molecular flexibility index (Phi) is 5.57. The second-order valence-corrected chi connectivity index (χ2v) is 6.43. The number of hydrogen-bond acceptors (Lipinski definition) is 6. The molecule has 3 aromatic rings. The van der Waals surface area contributed by atoms with Crippen molar-refractivity contribution in [1.29, 1.82) is 0 Å². The lowest BCUT2D eigenvalue weighted by Gasteiger charge is -2.05. The van der Waals surface area contributed by atoms with Gasteiger partial charge in [-0.05, 0) is 13.0 Å². The van der Waals surface area contributed by atoms with Crippen molar-refractivity contribution >= 4 is 34.5 Å². The van der Waals surface area contributed by atoms with Crippen molar-refractivity contribution in [3.05, 3.63) is 30.5 Å². The summed E-state index contributed by atoms with van der Waals surface area (Å²) in [7, 11) is 1.86. The van der Waals surface area contributed by atoms with Gasteiger partial charge in [0.25, 0.3) is 0 Å². The van der Waals surface area contributed by atoms with Crippen molar-refractivity contribution in [2.24, 2.45) is 7.05 Å². The van der Waals surface area contributed by atoms with Crippen molar-refractivity contribution < 1.29 is 14.3 Å². The number of nitrogens with zero attached hydrogens (tertiary/aromatic N) is 3. The fourth-order valence-corrected chi connectivity index (χ4v) is 3.24. The van der Waals surface area contributed by atoms with Crippen LogP contribution in [0, 0.1) is 0 Å². The van der Waals surface area contributed by atoms with Gasteiger partial charge in [0.05, 0.1) is 12.4 Å². The van der Waals surface area contributed by atoms with Crippen LogP contribution in [0.4, 0.5) is 0 Å². The van der Waals surface area contributed by atoms with Gasteiger partial charge in [-0.2, -0.15) is 0 Å². The zero-order valence-electron chi connectivity index (χ0n) is 14.5. The molecule has 1 amide bonds. The number of para-hydroxylation sites is 1. The molecule has 0 radical (unpaired) electrons. The third-order valence-electron chi connectivity index (χ3n) is 3.73. The molecule has 8 nitrogen and oxygen atoms in total. The number of esters is 1. The molecule has 0 bridgehead atoms. The number of nitrogens with one attached hydrogen (secondary N) is 2. The van der Waals surface area contributed by atoms with Crippen LogP contribution in [0.5, 0.6) is 0 Å². The summed E-state index contributed by atoms with van der Waals surface area (Å²) in [6, 6.07) is 7.96. The van der Waals surface area contributed by atoms with Crippen molar-refractivity contribution in [2.75, 3.05) is 18.9 Å². The standard InChI is InChI=1S/C17H19N5O3S/c1-3-25-15(24)9-19-14(23)10-26-17-21-20-16(22(17)2)12-8-18-13-7-5-4-6-11(12)13/h4-8,18H,3,9-10H2,1-2H3,(H,19,23). The number of thioether (sulfide) groups is 1. The van der Waals surface area contributed by atoms with Crippen LogP contribution in [0.15, 0.2) is 35.6 Å². The molecule has 0 spiro atoms. The second kappa shape index (κ2) is 8.05. The second-order valence-electron chi connectivity index (χ2n) is 5.48. The van der Waals surface area contributed by atoms with Gasteiger partial charge >= 0.3 is 5.97 Å². The largest absolute Gasteiger partial charge is 0.465 e. The molecule has 0 atom stereocenters. The first kappa shape index (κ1) is 18.0. The highest BCUT2D eigenvalue weighted by Gasteiger charge is 2.16. The summed E-state index contributed by atoms with van der Waals surface area (Å²) in [4.78, 5) is 26.3. The minimum atomic E-state index is -0.453. The fraction of sp³-hybridized carbons (Fsp3) is 0.294. The van der Waals surface area contributed by atoms with E-state index in [9.17, 15) is 9.59 Å². The van der Waals surface area contributed by atoms with Crippen LogP contribution in [0.3, 0.4) is 0 Å². The Labute approximate surface area is 154 Å². The van der Waals surface area contributed by atoms with Gasteiger partial charge in [-0.3, -0.25) is 9.59 Å². The first-order chi connectivity index (χ1) is 12.6. The first-order valence-corrected chi connectivity index (χ1v) is 9.09. The van der Waals surface area contributed by atoms with Crippen LogP contribution in [0.2, 0.25) is 0 Å². The highest BCUT2D eigenvalue weighted by Crippen LogP contribution is 2.28. The number of aromatic amines is 1. The van der Waals surface area contributed by atoms with Gasteiger partial charge in [0, 0.05) is 29.7 Å². The van der Waals surface area contributed by atoms with Crippen LogP contribution in [-0.4, -0.2) is 50.5 Å². The predicted molar refractivity (Wildman–Crippen MR) is 98.7 cm³/mol. The maximum atomic E-state index is 11.8. The predicted octanol–water partition coefficient (Wildman–Crippen LogP) is 1.73. The third-order valence-corrected chi connectivity index (χ3v) is 4.75. The molecule has 2 aromatic heterocycles. The number of ether oxygens (including phenoxy) is 1. The molecule has 0 saturated carbocycles. The Bertz CT molecular complexity index is 934. The number of carbonyl (C=O) groups excluding carboxylic acids is 2. The molecule has 0 unspecified atom stereocenters. The van der Waals surface area contributed by atoms with E-state index in [1.54, 1.807) is 6.92 Å². The molecule has 0 aliphatic carbocycles. The topological polar surface area (TPSA) is 102 Å². The van der Waals surface area contributed by atoms with Crippen molar-refractivity contribution in [3.63, 3.8) is 0 Å². The molecule has 136 valence electrons. The van der Waals surface area contributed by atoms with E-state index in [4.69, 9.17) is 4.74 Å². The molecule has 0 aliphatic heterocycles. The minimum absolute atomic E-state index is 0.132. The summed E-state index contributed by atoms with van der Waals surface area (Å²) in [5, 5.41) is 12.6. The van der Waals surface area contributed by atoms with E-state index in [1.807, 2.05) is 42.1 Å². The van der Waals surface area contributed by atoms with Crippen LogP contribution < -0.4 is 5.32 Å². The average molecular weight is 373 g/mol. The number of fused-ring (bicyclic) bond motifs is 1. The lowest BCUT2D eigenvalue weighted by molar-refractivity contribution is -0.143. The number of benzene rings is 1. The third kappa shape index (κ3) is 3.88. The number of aromatic nitrogens is 4. The molecule has 9 heteroatoms. The smallest absolute Gasteiger partial charge is 0.325 e. The molecule has 0 fully saturated rings. The Morgan fingerprint density at radius 2 is 2.12 bits per heavy atom. The Balaban J connectivity index is 1.64. The molecule has 2 heterocycles. The molecule has 3 rings (SSSR count). The van der Waals surface area contributed by atoms with E-state index in [1.165, 1.54) is 11.8 Å². The lowest BCUT2D eigenvalue weighted by atomic mass is 10.1. The summed E-state index contributed by atoms with van der Waals surface area (Å²) in [6.07, 6.45) is 1.90. The van der Waals surface area contributed by atoms with Crippen LogP contribution in [0.25, 0.3) is 22.3 Å². The number of hydrogen-bond donors (Lipinski definition) is 2. The van der Waals surface area contributed by atoms with Gasteiger partial charge in [-0.1, -0.05) is 30.0 Å². The van der Waals surface area contributed by atoms with Crippen molar-refractivity contribution in [2.45, 2.75) is 12.1 Å². The normalized spacial score (nSPS) is 10.8. The zero-order chi connectivity index (χ0) is 18.5. The van der Waals surface area contributed by atoms with Crippen molar-refractivity contribution in [1.82, 2.24) is 25.1 Å². The molecule has 0 saturated heterocycles. The molecular weight excluding hydrogens is 354 g/mol. The summed E-state index contributed by atoms with van der Waals surface area (Å²) in [5.74, 6) is 0.141. The quantitative estimate of drug-likeness (QED) is 0.483. The Hall–Kier alpha value is -2.81. The molecule has 2 N–H and O–H groups in total. The van der Waals surface area contributed by atoms with Crippen LogP contribution in [0.1, 0.15) is 6.92 Å². The zero-order valence-corrected chi connectivity index (χ0v) is 15.3. The molecule has 0 aliphatic rings.